The highest BCUT2D eigenvalue weighted by atomic mass is 32.2. The van der Waals surface area contributed by atoms with E-state index in [0.717, 1.165) is 30.1 Å². The van der Waals surface area contributed by atoms with Gasteiger partial charge in [0.05, 0.1) is 11.7 Å². The molecule has 0 bridgehead atoms. The molecule has 1 fully saturated rings. The Balaban J connectivity index is 1.97. The quantitative estimate of drug-likeness (QED) is 0.612. The van der Waals surface area contributed by atoms with Gasteiger partial charge in [0.1, 0.15) is 0 Å². The highest BCUT2D eigenvalue weighted by Crippen LogP contribution is 2.27. The first-order chi connectivity index (χ1) is 11.1. The molecule has 1 aromatic carbocycles. The summed E-state index contributed by atoms with van der Waals surface area (Å²) in [5.74, 6) is 0.0560. The number of amides is 1. The van der Waals surface area contributed by atoms with E-state index < -0.39 is 12.1 Å². The third-order valence-corrected chi connectivity index (χ3v) is 4.77. The van der Waals surface area contributed by atoms with E-state index in [4.69, 9.17) is 9.47 Å². The average molecular weight is 337 g/mol. The van der Waals surface area contributed by atoms with E-state index in [9.17, 15) is 9.59 Å². The molecule has 0 aliphatic carbocycles. The maximum atomic E-state index is 12.3. The van der Waals surface area contributed by atoms with Crippen molar-refractivity contribution >= 4 is 23.6 Å². The van der Waals surface area contributed by atoms with Crippen molar-refractivity contribution in [1.29, 1.82) is 0 Å². The minimum atomic E-state index is -0.807. The summed E-state index contributed by atoms with van der Waals surface area (Å²) in [6, 6.07) is 7.31. The molecular weight excluding hydrogens is 314 g/mol. The van der Waals surface area contributed by atoms with Gasteiger partial charge in [-0.15, -0.1) is 11.8 Å². The van der Waals surface area contributed by atoms with Gasteiger partial charge in [-0.05, 0) is 38.8 Å². The SMILES string of the molecule is CCNC(=O)[C@H](C)OC(=O)c1ccccc1SC[C@H]1CCCO1. The van der Waals surface area contributed by atoms with Gasteiger partial charge in [-0.1, -0.05) is 12.1 Å². The van der Waals surface area contributed by atoms with Crippen LogP contribution in [-0.2, 0) is 14.3 Å². The fourth-order valence-corrected chi connectivity index (χ4v) is 3.43. The molecule has 1 saturated heterocycles. The zero-order valence-corrected chi connectivity index (χ0v) is 14.4. The predicted molar refractivity (Wildman–Crippen MR) is 89.7 cm³/mol. The van der Waals surface area contributed by atoms with Crippen LogP contribution in [0.5, 0.6) is 0 Å². The number of thioether (sulfide) groups is 1. The topological polar surface area (TPSA) is 64.6 Å². The molecule has 23 heavy (non-hydrogen) atoms. The lowest BCUT2D eigenvalue weighted by molar-refractivity contribution is -0.128. The number of ether oxygens (including phenoxy) is 2. The van der Waals surface area contributed by atoms with Crippen LogP contribution in [0.1, 0.15) is 37.0 Å². The summed E-state index contributed by atoms with van der Waals surface area (Å²) < 4.78 is 10.9. The molecule has 1 aliphatic rings. The van der Waals surface area contributed by atoms with Crippen LogP contribution in [0.25, 0.3) is 0 Å². The van der Waals surface area contributed by atoms with Gasteiger partial charge in [0.25, 0.3) is 5.91 Å². The van der Waals surface area contributed by atoms with Crippen molar-refractivity contribution in [1.82, 2.24) is 5.32 Å². The number of likely N-dealkylation sites (N-methyl/N-ethyl adjacent to an activating group) is 1. The Bertz CT molecular complexity index is 543. The second-order valence-electron chi connectivity index (χ2n) is 5.38. The first kappa shape index (κ1) is 17.8. The van der Waals surface area contributed by atoms with Crippen LogP contribution in [-0.4, -0.2) is 43.0 Å². The Labute approximate surface area is 141 Å². The van der Waals surface area contributed by atoms with Crippen LogP contribution < -0.4 is 5.32 Å². The molecule has 6 heteroatoms. The molecule has 1 aromatic rings. The van der Waals surface area contributed by atoms with Gasteiger partial charge < -0.3 is 14.8 Å². The zero-order chi connectivity index (χ0) is 16.7. The third kappa shape index (κ3) is 5.25. The summed E-state index contributed by atoms with van der Waals surface area (Å²) in [5.41, 5.74) is 0.492. The van der Waals surface area contributed by atoms with E-state index in [2.05, 4.69) is 5.32 Å². The third-order valence-electron chi connectivity index (χ3n) is 3.56. The normalized spacial score (nSPS) is 18.4. The maximum Gasteiger partial charge on any atom is 0.340 e. The van der Waals surface area contributed by atoms with Gasteiger partial charge in [-0.3, -0.25) is 4.79 Å². The number of hydrogen-bond acceptors (Lipinski definition) is 5. The number of benzene rings is 1. The number of esters is 1. The predicted octanol–water partition coefficient (Wildman–Crippen LogP) is 2.64. The Morgan fingerprint density at radius 2 is 2.22 bits per heavy atom. The van der Waals surface area contributed by atoms with Gasteiger partial charge in [0.2, 0.25) is 0 Å². The molecule has 1 N–H and O–H groups in total. The van der Waals surface area contributed by atoms with Crippen LogP contribution in [0.15, 0.2) is 29.2 Å². The van der Waals surface area contributed by atoms with E-state index >= 15 is 0 Å². The summed E-state index contributed by atoms with van der Waals surface area (Å²) in [5, 5.41) is 2.64. The van der Waals surface area contributed by atoms with Crippen molar-refractivity contribution in [2.24, 2.45) is 0 Å². The summed E-state index contributed by atoms with van der Waals surface area (Å²) in [7, 11) is 0. The lowest BCUT2D eigenvalue weighted by Gasteiger charge is -2.15. The van der Waals surface area contributed by atoms with Crippen molar-refractivity contribution in [3.05, 3.63) is 29.8 Å². The van der Waals surface area contributed by atoms with E-state index in [-0.39, 0.29) is 12.0 Å². The molecule has 2 atom stereocenters. The van der Waals surface area contributed by atoms with Crippen LogP contribution in [0.3, 0.4) is 0 Å². The summed E-state index contributed by atoms with van der Waals surface area (Å²) in [4.78, 5) is 24.9. The van der Waals surface area contributed by atoms with Crippen molar-refractivity contribution in [3.63, 3.8) is 0 Å². The molecule has 126 valence electrons. The minimum absolute atomic E-state index is 0.248. The maximum absolute atomic E-state index is 12.3. The zero-order valence-electron chi connectivity index (χ0n) is 13.5. The molecule has 0 unspecified atom stereocenters. The second-order valence-corrected chi connectivity index (χ2v) is 6.45. The fourth-order valence-electron chi connectivity index (χ4n) is 2.32. The average Bonchev–Trinajstić information content (AvgIpc) is 3.06. The molecule has 1 heterocycles. The fraction of sp³-hybridized carbons (Fsp3) is 0.529. The van der Waals surface area contributed by atoms with Gasteiger partial charge in [-0.25, -0.2) is 4.79 Å². The summed E-state index contributed by atoms with van der Waals surface area (Å²) >= 11 is 1.59. The molecule has 0 saturated carbocycles. The van der Waals surface area contributed by atoms with Crippen LogP contribution in [0, 0.1) is 0 Å². The van der Waals surface area contributed by atoms with Crippen molar-refractivity contribution < 1.29 is 19.1 Å². The van der Waals surface area contributed by atoms with Crippen LogP contribution >= 0.6 is 11.8 Å². The van der Waals surface area contributed by atoms with Crippen molar-refractivity contribution in [2.75, 3.05) is 18.9 Å². The van der Waals surface area contributed by atoms with Gasteiger partial charge in [0, 0.05) is 23.8 Å². The lowest BCUT2D eigenvalue weighted by atomic mass is 10.2. The van der Waals surface area contributed by atoms with E-state index in [1.165, 1.54) is 0 Å². The second kappa shape index (κ2) is 8.93. The summed E-state index contributed by atoms with van der Waals surface area (Å²) in [6.07, 6.45) is 1.60. The highest BCUT2D eigenvalue weighted by Gasteiger charge is 2.21. The summed E-state index contributed by atoms with van der Waals surface area (Å²) in [6.45, 7) is 4.72. The molecule has 2 rings (SSSR count). The van der Waals surface area contributed by atoms with E-state index in [1.54, 1.807) is 30.8 Å². The largest absolute Gasteiger partial charge is 0.449 e. The first-order valence-corrected chi connectivity index (χ1v) is 8.92. The Morgan fingerprint density at radius 3 is 2.91 bits per heavy atom. The smallest absolute Gasteiger partial charge is 0.340 e. The Morgan fingerprint density at radius 1 is 1.43 bits per heavy atom. The Kier molecular flexibility index (Phi) is 6.92. The first-order valence-electron chi connectivity index (χ1n) is 7.94. The molecule has 5 nitrogen and oxygen atoms in total. The van der Waals surface area contributed by atoms with Gasteiger partial charge in [0.15, 0.2) is 6.10 Å². The van der Waals surface area contributed by atoms with Crippen molar-refractivity contribution in [3.8, 4) is 0 Å². The molecule has 1 aliphatic heterocycles. The van der Waals surface area contributed by atoms with Crippen LogP contribution in [0.4, 0.5) is 0 Å². The molecule has 0 radical (unpaired) electrons. The monoisotopic (exact) mass is 337 g/mol. The number of hydrogen-bond donors (Lipinski definition) is 1. The van der Waals surface area contributed by atoms with Gasteiger partial charge in [-0.2, -0.15) is 0 Å². The van der Waals surface area contributed by atoms with Gasteiger partial charge >= 0.3 is 5.97 Å². The highest BCUT2D eigenvalue weighted by molar-refractivity contribution is 7.99. The van der Waals surface area contributed by atoms with E-state index in [0.29, 0.717) is 12.1 Å². The van der Waals surface area contributed by atoms with Crippen molar-refractivity contribution in [2.45, 2.75) is 43.8 Å². The number of nitrogens with one attached hydrogen (secondary N) is 1. The lowest BCUT2D eigenvalue weighted by Crippen LogP contribution is -2.35. The molecular formula is C17H23NO4S. The van der Waals surface area contributed by atoms with E-state index in [1.807, 2.05) is 19.1 Å². The Hall–Kier alpha value is -1.53. The molecule has 0 spiro atoms. The number of carbonyl (C=O) groups excluding carboxylic acids is 2. The molecule has 0 aromatic heterocycles. The number of carbonyl (C=O) groups is 2. The van der Waals surface area contributed by atoms with Crippen LogP contribution in [0.2, 0.25) is 0 Å². The molecule has 1 amide bonds. The standard InChI is InChI=1S/C17H23NO4S/c1-3-18-16(19)12(2)22-17(20)14-8-4-5-9-15(14)23-11-13-7-6-10-21-13/h4-5,8-9,12-13H,3,6-7,10-11H2,1-2H3,(H,18,19)/t12-,13+/m0/s1. The minimum Gasteiger partial charge on any atom is -0.449 e. The number of rotatable bonds is 7.